The molecule has 74 valence electrons. The lowest BCUT2D eigenvalue weighted by Crippen LogP contribution is -1.82. The van der Waals surface area contributed by atoms with E-state index >= 15 is 0 Å². The molecule has 1 nitrogen and oxygen atoms in total. The molecule has 4 heteroatoms. The Bertz CT molecular complexity index is 442. The summed E-state index contributed by atoms with van der Waals surface area (Å²) >= 11 is 11.5. The van der Waals surface area contributed by atoms with Crippen molar-refractivity contribution in [1.29, 1.82) is 0 Å². The highest BCUT2D eigenvalue weighted by Crippen LogP contribution is 2.17. The van der Waals surface area contributed by atoms with Crippen LogP contribution in [0.5, 0.6) is 0 Å². The van der Waals surface area contributed by atoms with E-state index in [1.807, 2.05) is 24.3 Å². The van der Waals surface area contributed by atoms with Crippen molar-refractivity contribution in [2.45, 2.75) is 5.88 Å². The van der Waals surface area contributed by atoms with E-state index in [0.29, 0.717) is 11.0 Å². The summed E-state index contributed by atoms with van der Waals surface area (Å²) in [7, 11) is 0. The minimum Gasteiger partial charge on any atom is -0.236 e. The third kappa shape index (κ3) is 2.30. The number of hydrogen-bond acceptors (Lipinski definition) is 1. The van der Waals surface area contributed by atoms with Crippen LogP contribution in [0.25, 0.3) is 10.9 Å². The molecule has 1 heterocycles. The van der Waals surface area contributed by atoms with Gasteiger partial charge in [-0.05, 0) is 29.8 Å². The van der Waals surface area contributed by atoms with E-state index in [1.165, 1.54) is 0 Å². The van der Waals surface area contributed by atoms with Crippen LogP contribution in [0, 0.1) is 0 Å². The Balaban J connectivity index is 0.000000980. The highest BCUT2D eigenvalue weighted by molar-refractivity contribution is 6.29. The Hall–Kier alpha value is -0.500. The van der Waals surface area contributed by atoms with Gasteiger partial charge in [0.05, 0.1) is 5.52 Å². The first-order chi connectivity index (χ1) is 6.29. The molecule has 2 rings (SSSR count). The number of benzene rings is 1. The van der Waals surface area contributed by atoms with Crippen LogP contribution in [0.1, 0.15) is 5.56 Å². The topological polar surface area (TPSA) is 12.9 Å². The number of aromatic nitrogens is 1. The van der Waals surface area contributed by atoms with Gasteiger partial charge in [0.1, 0.15) is 5.15 Å². The van der Waals surface area contributed by atoms with Crippen molar-refractivity contribution in [3.05, 3.63) is 41.0 Å². The lowest BCUT2D eigenvalue weighted by atomic mass is 10.1. The fourth-order valence-corrected chi connectivity index (χ4v) is 1.55. The van der Waals surface area contributed by atoms with Crippen LogP contribution in [0.4, 0.5) is 0 Å². The predicted molar refractivity (Wildman–Crippen MR) is 63.6 cm³/mol. The summed E-state index contributed by atoms with van der Waals surface area (Å²) in [5, 5.41) is 1.59. The number of rotatable bonds is 1. The normalized spacial score (nSPS) is 9.86. The van der Waals surface area contributed by atoms with Gasteiger partial charge in [0.2, 0.25) is 0 Å². The second-order valence-electron chi connectivity index (χ2n) is 2.79. The smallest absolute Gasteiger partial charge is 0.129 e. The number of hydrogen-bond donors (Lipinski definition) is 0. The molecule has 0 fully saturated rings. The molecule has 1 aromatic carbocycles. The summed E-state index contributed by atoms with van der Waals surface area (Å²) in [5.41, 5.74) is 2.00. The summed E-state index contributed by atoms with van der Waals surface area (Å²) < 4.78 is 0. The van der Waals surface area contributed by atoms with Gasteiger partial charge < -0.3 is 0 Å². The zero-order valence-electron chi connectivity index (χ0n) is 7.21. The van der Waals surface area contributed by atoms with Crippen LogP contribution in [-0.4, -0.2) is 4.98 Å². The van der Waals surface area contributed by atoms with Crippen LogP contribution in [0.15, 0.2) is 30.3 Å². The van der Waals surface area contributed by atoms with Crippen molar-refractivity contribution >= 4 is 46.5 Å². The van der Waals surface area contributed by atoms with E-state index in [4.69, 9.17) is 23.2 Å². The molecule has 0 saturated carbocycles. The highest BCUT2D eigenvalue weighted by Gasteiger charge is 1.97. The second kappa shape index (κ2) is 4.83. The maximum absolute atomic E-state index is 5.76. The first-order valence-electron chi connectivity index (χ1n) is 3.91. The van der Waals surface area contributed by atoms with Gasteiger partial charge >= 0.3 is 0 Å². The minimum atomic E-state index is 0. The van der Waals surface area contributed by atoms with Gasteiger partial charge in [-0.1, -0.05) is 17.7 Å². The van der Waals surface area contributed by atoms with Gasteiger partial charge in [-0.15, -0.1) is 24.0 Å². The van der Waals surface area contributed by atoms with Gasteiger partial charge in [-0.3, -0.25) is 0 Å². The Morgan fingerprint density at radius 2 is 1.93 bits per heavy atom. The van der Waals surface area contributed by atoms with E-state index in [0.717, 1.165) is 16.5 Å². The zero-order valence-corrected chi connectivity index (χ0v) is 9.53. The van der Waals surface area contributed by atoms with Crippen molar-refractivity contribution in [2.75, 3.05) is 0 Å². The molecule has 2 aromatic rings. The summed E-state index contributed by atoms with van der Waals surface area (Å²) in [5.74, 6) is 0.526. The molecule has 1 aromatic heterocycles. The molecule has 0 spiro atoms. The molecule has 0 bridgehead atoms. The van der Waals surface area contributed by atoms with Crippen LogP contribution < -0.4 is 0 Å². The third-order valence-corrected chi connectivity index (χ3v) is 2.39. The maximum atomic E-state index is 5.76. The summed E-state index contributed by atoms with van der Waals surface area (Å²) in [4.78, 5) is 4.17. The largest absolute Gasteiger partial charge is 0.236 e. The van der Waals surface area contributed by atoms with E-state index in [-0.39, 0.29) is 12.4 Å². The Kier molecular flexibility index (Phi) is 3.99. The number of alkyl halides is 1. The fraction of sp³-hybridized carbons (Fsp3) is 0.100. The van der Waals surface area contributed by atoms with E-state index in [9.17, 15) is 0 Å². The monoisotopic (exact) mass is 247 g/mol. The van der Waals surface area contributed by atoms with E-state index in [1.54, 1.807) is 6.07 Å². The molecule has 0 unspecified atom stereocenters. The SMILES string of the molecule is Cl.ClCc1ccc2nc(Cl)ccc2c1. The zero-order chi connectivity index (χ0) is 9.26. The molecule has 0 amide bonds. The Labute approximate surface area is 98.5 Å². The highest BCUT2D eigenvalue weighted by atomic mass is 35.5. The molecule has 14 heavy (non-hydrogen) atoms. The van der Waals surface area contributed by atoms with E-state index in [2.05, 4.69) is 4.98 Å². The maximum Gasteiger partial charge on any atom is 0.129 e. The summed E-state index contributed by atoms with van der Waals surface area (Å²) in [6, 6.07) is 9.63. The predicted octanol–water partition coefficient (Wildman–Crippen LogP) is 4.05. The molecule has 0 aliphatic heterocycles. The standard InChI is InChI=1S/C10H7Cl2N.ClH/c11-6-7-1-3-9-8(5-7)2-4-10(12)13-9;/h1-5H,6H2;1H. The lowest BCUT2D eigenvalue weighted by molar-refractivity contribution is 1.37. The molecule has 0 aliphatic rings. The average Bonchev–Trinajstić information content (AvgIpc) is 2.17. The quantitative estimate of drug-likeness (QED) is 0.548. The van der Waals surface area contributed by atoms with Crippen LogP contribution in [-0.2, 0) is 5.88 Å². The third-order valence-electron chi connectivity index (χ3n) is 1.87. The van der Waals surface area contributed by atoms with Gasteiger partial charge in [0.15, 0.2) is 0 Å². The molecule has 0 aliphatic carbocycles. The second-order valence-corrected chi connectivity index (χ2v) is 3.45. The summed E-state index contributed by atoms with van der Waals surface area (Å²) in [6.45, 7) is 0. The van der Waals surface area contributed by atoms with Crippen molar-refractivity contribution in [3.63, 3.8) is 0 Å². The van der Waals surface area contributed by atoms with Crippen molar-refractivity contribution in [1.82, 2.24) is 4.98 Å². The van der Waals surface area contributed by atoms with Crippen molar-refractivity contribution in [3.8, 4) is 0 Å². The molecule has 0 atom stereocenters. The van der Waals surface area contributed by atoms with Gasteiger partial charge in [-0.2, -0.15) is 0 Å². The first-order valence-corrected chi connectivity index (χ1v) is 4.82. The Morgan fingerprint density at radius 1 is 1.14 bits per heavy atom. The van der Waals surface area contributed by atoms with Crippen molar-refractivity contribution in [2.24, 2.45) is 0 Å². The minimum absolute atomic E-state index is 0. The number of halogens is 3. The van der Waals surface area contributed by atoms with E-state index < -0.39 is 0 Å². The number of pyridine rings is 1. The molecule has 0 saturated heterocycles. The fourth-order valence-electron chi connectivity index (χ4n) is 1.23. The van der Waals surface area contributed by atoms with Gasteiger partial charge in [-0.25, -0.2) is 4.98 Å². The molecule has 0 N–H and O–H groups in total. The molecular weight excluding hydrogens is 240 g/mol. The van der Waals surface area contributed by atoms with Gasteiger partial charge in [0, 0.05) is 11.3 Å². The number of fused-ring (bicyclic) bond motifs is 1. The van der Waals surface area contributed by atoms with Crippen LogP contribution >= 0.6 is 35.6 Å². The number of nitrogens with zero attached hydrogens (tertiary/aromatic N) is 1. The summed E-state index contributed by atoms with van der Waals surface area (Å²) in [6.07, 6.45) is 0. The first kappa shape index (κ1) is 11.6. The van der Waals surface area contributed by atoms with Crippen molar-refractivity contribution < 1.29 is 0 Å². The van der Waals surface area contributed by atoms with Crippen LogP contribution in [0.2, 0.25) is 5.15 Å². The average molecular weight is 249 g/mol. The molecular formula is C10H8Cl3N. The van der Waals surface area contributed by atoms with Crippen LogP contribution in [0.3, 0.4) is 0 Å². The Morgan fingerprint density at radius 3 is 2.64 bits per heavy atom. The van der Waals surface area contributed by atoms with Gasteiger partial charge in [0.25, 0.3) is 0 Å². The molecule has 0 radical (unpaired) electrons. The lowest BCUT2D eigenvalue weighted by Gasteiger charge is -1.99.